The Morgan fingerprint density at radius 1 is 1.38 bits per heavy atom. The van der Waals surface area contributed by atoms with Crippen LogP contribution in [-0.2, 0) is 9.59 Å². The summed E-state index contributed by atoms with van der Waals surface area (Å²) in [5.41, 5.74) is 1.60. The molecule has 0 amide bonds. The van der Waals surface area contributed by atoms with E-state index in [0.717, 1.165) is 11.1 Å². The minimum atomic E-state index is -0.547. The molecule has 0 radical (unpaired) electrons. The van der Waals surface area contributed by atoms with E-state index < -0.39 is 5.24 Å². The highest BCUT2D eigenvalue weighted by atomic mass is 35.5. The van der Waals surface area contributed by atoms with E-state index in [1.165, 1.54) is 13.0 Å². The fourth-order valence-electron chi connectivity index (χ4n) is 1.15. The molecule has 0 saturated carbocycles. The van der Waals surface area contributed by atoms with Gasteiger partial charge in [-0.2, -0.15) is 0 Å². The summed E-state index contributed by atoms with van der Waals surface area (Å²) in [5, 5.41) is -0.547. The topological polar surface area (TPSA) is 43.4 Å². The molecule has 0 aliphatic heterocycles. The standard InChI is InChI=1S/C12H11ClO3/c1-8-3-4-10(5-6-12(13)15)7-11(8)16-9(2)14/h3-7H,1-2H3/b6-5+. The average Bonchev–Trinajstić information content (AvgIpc) is 2.18. The first kappa shape index (κ1) is 12.5. The Balaban J connectivity index is 2.97. The van der Waals surface area contributed by atoms with E-state index in [4.69, 9.17) is 16.3 Å². The van der Waals surface area contributed by atoms with E-state index in [1.54, 1.807) is 24.3 Å². The zero-order chi connectivity index (χ0) is 12.1. The molecule has 84 valence electrons. The molecular weight excluding hydrogens is 228 g/mol. The molecule has 1 aromatic rings. The van der Waals surface area contributed by atoms with Gasteiger partial charge in [0.1, 0.15) is 5.75 Å². The van der Waals surface area contributed by atoms with E-state index >= 15 is 0 Å². The highest BCUT2D eigenvalue weighted by Crippen LogP contribution is 2.20. The van der Waals surface area contributed by atoms with Crippen LogP contribution in [0.15, 0.2) is 24.3 Å². The van der Waals surface area contributed by atoms with Gasteiger partial charge in [-0.3, -0.25) is 9.59 Å². The van der Waals surface area contributed by atoms with Gasteiger partial charge in [-0.1, -0.05) is 18.2 Å². The number of benzene rings is 1. The van der Waals surface area contributed by atoms with Crippen LogP contribution in [0.3, 0.4) is 0 Å². The van der Waals surface area contributed by atoms with Crippen molar-refractivity contribution >= 4 is 28.9 Å². The SMILES string of the molecule is CC(=O)Oc1cc(/C=C/C(=O)Cl)ccc1C. The smallest absolute Gasteiger partial charge is 0.308 e. The Labute approximate surface area is 98.7 Å². The third-order valence-corrected chi connectivity index (χ3v) is 2.00. The Bertz CT molecular complexity index is 450. The van der Waals surface area contributed by atoms with Crippen LogP contribution in [0.1, 0.15) is 18.1 Å². The predicted molar refractivity (Wildman–Crippen MR) is 62.4 cm³/mol. The molecule has 0 bridgehead atoms. The molecule has 4 heteroatoms. The fraction of sp³-hybridized carbons (Fsp3) is 0.167. The van der Waals surface area contributed by atoms with E-state index in [9.17, 15) is 9.59 Å². The van der Waals surface area contributed by atoms with Gasteiger partial charge >= 0.3 is 5.97 Å². The molecule has 3 nitrogen and oxygen atoms in total. The Morgan fingerprint density at radius 2 is 2.06 bits per heavy atom. The van der Waals surface area contributed by atoms with Gasteiger partial charge in [-0.25, -0.2) is 0 Å². The summed E-state index contributed by atoms with van der Waals surface area (Å²) in [7, 11) is 0. The summed E-state index contributed by atoms with van der Waals surface area (Å²) in [6, 6.07) is 5.28. The van der Waals surface area contributed by atoms with Crippen LogP contribution < -0.4 is 4.74 Å². The van der Waals surface area contributed by atoms with Gasteiger partial charge in [0.25, 0.3) is 0 Å². The number of halogens is 1. The monoisotopic (exact) mass is 238 g/mol. The first-order valence-electron chi connectivity index (χ1n) is 4.65. The van der Waals surface area contributed by atoms with Crippen LogP contribution >= 0.6 is 11.6 Å². The van der Waals surface area contributed by atoms with Crippen LogP contribution in [0.4, 0.5) is 0 Å². The second-order valence-corrected chi connectivity index (χ2v) is 3.63. The molecule has 0 fully saturated rings. The van der Waals surface area contributed by atoms with Crippen molar-refractivity contribution in [2.45, 2.75) is 13.8 Å². The van der Waals surface area contributed by atoms with Gasteiger partial charge in [0.2, 0.25) is 5.24 Å². The van der Waals surface area contributed by atoms with Crippen LogP contribution in [-0.4, -0.2) is 11.2 Å². The summed E-state index contributed by atoms with van der Waals surface area (Å²) in [5.74, 6) is 0.106. The molecular formula is C12H11ClO3. The summed E-state index contributed by atoms with van der Waals surface area (Å²) >= 11 is 5.17. The second kappa shape index (κ2) is 5.47. The van der Waals surface area contributed by atoms with E-state index in [1.807, 2.05) is 6.92 Å². The number of aryl methyl sites for hydroxylation is 1. The first-order chi connectivity index (χ1) is 7.49. The summed E-state index contributed by atoms with van der Waals surface area (Å²) in [6.07, 6.45) is 2.80. The number of carbonyl (C=O) groups is 2. The van der Waals surface area contributed by atoms with Gasteiger partial charge in [0.05, 0.1) is 0 Å². The summed E-state index contributed by atoms with van der Waals surface area (Å²) in [6.45, 7) is 3.17. The Kier molecular flexibility index (Phi) is 4.26. The summed E-state index contributed by atoms with van der Waals surface area (Å²) < 4.78 is 5.00. The molecule has 0 saturated heterocycles. The predicted octanol–water partition coefficient (Wildman–Crippen LogP) is 2.70. The minimum Gasteiger partial charge on any atom is -0.426 e. The lowest BCUT2D eigenvalue weighted by Gasteiger charge is -2.05. The molecule has 1 aromatic carbocycles. The average molecular weight is 239 g/mol. The third-order valence-electron chi connectivity index (χ3n) is 1.87. The van der Waals surface area contributed by atoms with Crippen molar-refractivity contribution in [1.82, 2.24) is 0 Å². The zero-order valence-corrected chi connectivity index (χ0v) is 9.75. The normalized spacial score (nSPS) is 10.4. The van der Waals surface area contributed by atoms with E-state index in [2.05, 4.69) is 0 Å². The number of esters is 1. The number of rotatable bonds is 3. The summed E-state index contributed by atoms with van der Waals surface area (Å²) in [4.78, 5) is 21.4. The van der Waals surface area contributed by atoms with Crippen molar-refractivity contribution in [3.05, 3.63) is 35.4 Å². The van der Waals surface area contributed by atoms with Crippen LogP contribution in [0.5, 0.6) is 5.75 Å². The van der Waals surface area contributed by atoms with Crippen LogP contribution in [0.25, 0.3) is 6.08 Å². The fourth-order valence-corrected chi connectivity index (χ4v) is 1.21. The molecule has 0 aromatic heterocycles. The number of allylic oxidation sites excluding steroid dienone is 1. The lowest BCUT2D eigenvalue weighted by atomic mass is 10.1. The highest BCUT2D eigenvalue weighted by Gasteiger charge is 2.03. The molecule has 0 aliphatic carbocycles. The second-order valence-electron chi connectivity index (χ2n) is 3.26. The quantitative estimate of drug-likeness (QED) is 0.352. The molecule has 0 unspecified atom stereocenters. The van der Waals surface area contributed by atoms with E-state index in [-0.39, 0.29) is 5.97 Å². The third kappa shape index (κ3) is 3.87. The lowest BCUT2D eigenvalue weighted by Crippen LogP contribution is -2.02. The molecule has 0 spiro atoms. The molecule has 16 heavy (non-hydrogen) atoms. The van der Waals surface area contributed by atoms with Crippen LogP contribution in [0.2, 0.25) is 0 Å². The van der Waals surface area contributed by atoms with Gasteiger partial charge in [0.15, 0.2) is 0 Å². The maximum absolute atomic E-state index is 10.8. The van der Waals surface area contributed by atoms with Crippen LogP contribution in [0, 0.1) is 6.92 Å². The first-order valence-corrected chi connectivity index (χ1v) is 5.03. The molecule has 0 N–H and O–H groups in total. The number of hydrogen-bond acceptors (Lipinski definition) is 3. The maximum atomic E-state index is 10.8. The zero-order valence-electron chi connectivity index (χ0n) is 8.99. The van der Waals surface area contributed by atoms with Crippen molar-refractivity contribution in [3.63, 3.8) is 0 Å². The van der Waals surface area contributed by atoms with Crippen molar-refractivity contribution in [2.24, 2.45) is 0 Å². The van der Waals surface area contributed by atoms with Crippen molar-refractivity contribution in [1.29, 1.82) is 0 Å². The number of hydrogen-bond donors (Lipinski definition) is 0. The van der Waals surface area contributed by atoms with Gasteiger partial charge in [-0.05, 0) is 41.8 Å². The van der Waals surface area contributed by atoms with Crippen molar-refractivity contribution < 1.29 is 14.3 Å². The lowest BCUT2D eigenvalue weighted by molar-refractivity contribution is -0.131. The largest absolute Gasteiger partial charge is 0.426 e. The van der Waals surface area contributed by atoms with E-state index in [0.29, 0.717) is 5.75 Å². The Hall–Kier alpha value is -1.61. The molecule has 0 heterocycles. The minimum absolute atomic E-state index is 0.377. The maximum Gasteiger partial charge on any atom is 0.308 e. The molecule has 1 rings (SSSR count). The van der Waals surface area contributed by atoms with Crippen molar-refractivity contribution in [2.75, 3.05) is 0 Å². The van der Waals surface area contributed by atoms with Gasteiger partial charge in [-0.15, -0.1) is 0 Å². The highest BCUT2D eigenvalue weighted by molar-refractivity contribution is 6.66. The number of ether oxygens (including phenoxy) is 1. The van der Waals surface area contributed by atoms with Gasteiger partial charge < -0.3 is 4.74 Å². The number of carbonyl (C=O) groups excluding carboxylic acids is 2. The molecule has 0 aliphatic rings. The Morgan fingerprint density at radius 3 is 2.62 bits per heavy atom. The van der Waals surface area contributed by atoms with Gasteiger partial charge in [0, 0.05) is 6.92 Å². The molecule has 0 atom stereocenters. The van der Waals surface area contributed by atoms with Crippen molar-refractivity contribution in [3.8, 4) is 5.75 Å².